The third kappa shape index (κ3) is 8.85. The smallest absolute Gasteiger partial charge is 0.243 e. The maximum Gasteiger partial charge on any atom is 0.243 e. The van der Waals surface area contributed by atoms with Crippen LogP contribution in [0.2, 0.25) is 0 Å². The second kappa shape index (κ2) is 14.1. The normalized spacial score (nSPS) is 12.7. The largest absolute Gasteiger partial charge is 0.352 e. The highest BCUT2D eigenvalue weighted by molar-refractivity contribution is 9.10. The Kier molecular flexibility index (Phi) is 10.9. The van der Waals surface area contributed by atoms with Crippen LogP contribution in [0.25, 0.3) is 0 Å². The summed E-state index contributed by atoms with van der Waals surface area (Å²) in [4.78, 5) is 29.2. The van der Waals surface area contributed by atoms with Crippen LogP contribution >= 0.6 is 15.9 Å². The van der Waals surface area contributed by atoms with Gasteiger partial charge in [0, 0.05) is 29.9 Å². The summed E-state index contributed by atoms with van der Waals surface area (Å²) in [5.74, 6) is 0.343. The number of carbonyl (C=O) groups excluding carboxylic acids is 2. The lowest BCUT2D eigenvalue weighted by atomic mass is 9.99. The predicted molar refractivity (Wildman–Crippen MR) is 155 cm³/mol. The minimum absolute atomic E-state index is 0.0202. The Labute approximate surface area is 230 Å². The molecule has 1 N–H and O–H groups in total. The molecule has 0 aliphatic carbocycles. The first-order valence-electron chi connectivity index (χ1n) is 13.2. The summed E-state index contributed by atoms with van der Waals surface area (Å²) < 4.78 is 0.950. The average Bonchev–Trinajstić information content (AvgIpc) is 2.90. The Morgan fingerprint density at radius 3 is 2.16 bits per heavy atom. The van der Waals surface area contributed by atoms with Crippen molar-refractivity contribution in [3.05, 3.63) is 106 Å². The van der Waals surface area contributed by atoms with E-state index in [2.05, 4.69) is 59.4 Å². The van der Waals surface area contributed by atoms with Crippen LogP contribution in [-0.2, 0) is 29.0 Å². The van der Waals surface area contributed by atoms with Crippen molar-refractivity contribution in [2.75, 3.05) is 0 Å². The van der Waals surface area contributed by atoms with Crippen molar-refractivity contribution >= 4 is 27.7 Å². The van der Waals surface area contributed by atoms with Crippen molar-refractivity contribution in [2.24, 2.45) is 0 Å². The summed E-state index contributed by atoms with van der Waals surface area (Å²) in [6.07, 6.45) is 2.27. The quantitative estimate of drug-likeness (QED) is 0.257. The fraction of sp³-hybridized carbons (Fsp3) is 0.375. The Hall–Kier alpha value is -2.92. The van der Waals surface area contributed by atoms with Crippen LogP contribution in [0.3, 0.4) is 0 Å². The molecule has 0 saturated carbocycles. The Morgan fingerprint density at radius 2 is 1.54 bits per heavy atom. The van der Waals surface area contributed by atoms with E-state index in [1.54, 1.807) is 4.90 Å². The molecule has 5 heteroatoms. The second-order valence-electron chi connectivity index (χ2n) is 10.1. The number of halogens is 1. The number of amides is 2. The van der Waals surface area contributed by atoms with Crippen LogP contribution in [-0.4, -0.2) is 28.8 Å². The summed E-state index contributed by atoms with van der Waals surface area (Å²) in [5.41, 5.74) is 4.43. The molecule has 0 aliphatic rings. The zero-order valence-corrected chi connectivity index (χ0v) is 24.0. The van der Waals surface area contributed by atoms with E-state index >= 15 is 0 Å². The molecule has 0 aromatic heterocycles. The van der Waals surface area contributed by atoms with Crippen LogP contribution in [0.5, 0.6) is 0 Å². The van der Waals surface area contributed by atoms with Gasteiger partial charge in [0.15, 0.2) is 0 Å². The van der Waals surface area contributed by atoms with Crippen molar-refractivity contribution in [3.8, 4) is 0 Å². The number of carbonyl (C=O) groups is 2. The Bertz CT molecular complexity index is 1140. The van der Waals surface area contributed by atoms with E-state index in [4.69, 9.17) is 0 Å². The second-order valence-corrected chi connectivity index (χ2v) is 11.0. The molecule has 0 aliphatic heterocycles. The third-order valence-corrected chi connectivity index (χ3v) is 7.28. The molecule has 0 heterocycles. The van der Waals surface area contributed by atoms with Crippen molar-refractivity contribution in [1.29, 1.82) is 0 Å². The lowest BCUT2D eigenvalue weighted by Gasteiger charge is -2.32. The fourth-order valence-corrected chi connectivity index (χ4v) is 4.74. The summed E-state index contributed by atoms with van der Waals surface area (Å²) in [5, 5.41) is 3.13. The van der Waals surface area contributed by atoms with Gasteiger partial charge in [0.1, 0.15) is 6.04 Å². The number of rotatable bonds is 12. The zero-order valence-electron chi connectivity index (χ0n) is 22.4. The molecule has 0 fully saturated rings. The maximum absolute atomic E-state index is 13.8. The van der Waals surface area contributed by atoms with E-state index < -0.39 is 6.04 Å². The van der Waals surface area contributed by atoms with Crippen molar-refractivity contribution < 1.29 is 9.59 Å². The van der Waals surface area contributed by atoms with E-state index in [0.29, 0.717) is 31.7 Å². The summed E-state index contributed by atoms with van der Waals surface area (Å²) in [6, 6.07) is 25.8. The Balaban J connectivity index is 1.89. The van der Waals surface area contributed by atoms with E-state index in [-0.39, 0.29) is 17.9 Å². The molecule has 2 amide bonds. The SMILES string of the molecule is CC[C@@H](C)NC(=O)[C@H](Cc1ccccc1)N(Cc1cccc(Br)c1)C(=O)CCc1ccc(C(C)C)cc1. The minimum atomic E-state index is -0.605. The summed E-state index contributed by atoms with van der Waals surface area (Å²) >= 11 is 3.55. The number of aryl methyl sites for hydroxylation is 1. The van der Waals surface area contributed by atoms with Gasteiger partial charge in [-0.05, 0) is 60.1 Å². The number of hydrogen-bond donors (Lipinski definition) is 1. The van der Waals surface area contributed by atoms with Crippen LogP contribution in [0.15, 0.2) is 83.3 Å². The molecule has 0 bridgehead atoms. The van der Waals surface area contributed by atoms with Gasteiger partial charge in [-0.15, -0.1) is 0 Å². The first kappa shape index (κ1) is 28.6. The first-order chi connectivity index (χ1) is 17.8. The van der Waals surface area contributed by atoms with Gasteiger partial charge >= 0.3 is 0 Å². The molecule has 0 saturated heterocycles. The molecule has 37 heavy (non-hydrogen) atoms. The van der Waals surface area contributed by atoms with Gasteiger partial charge in [0.2, 0.25) is 11.8 Å². The third-order valence-electron chi connectivity index (χ3n) is 6.79. The fourth-order valence-electron chi connectivity index (χ4n) is 4.29. The van der Waals surface area contributed by atoms with Gasteiger partial charge in [-0.2, -0.15) is 0 Å². The highest BCUT2D eigenvalue weighted by Gasteiger charge is 2.30. The van der Waals surface area contributed by atoms with Crippen molar-refractivity contribution in [3.63, 3.8) is 0 Å². The molecule has 196 valence electrons. The molecular weight excluding hydrogens is 524 g/mol. The van der Waals surface area contributed by atoms with Gasteiger partial charge in [-0.1, -0.05) is 103 Å². The summed E-state index contributed by atoms with van der Waals surface area (Å²) in [7, 11) is 0. The maximum atomic E-state index is 13.8. The molecule has 4 nitrogen and oxygen atoms in total. The molecular formula is C32H39BrN2O2. The topological polar surface area (TPSA) is 49.4 Å². The zero-order chi connectivity index (χ0) is 26.8. The number of benzene rings is 3. The number of nitrogens with zero attached hydrogens (tertiary/aromatic N) is 1. The van der Waals surface area contributed by atoms with E-state index in [0.717, 1.165) is 27.6 Å². The molecule has 2 atom stereocenters. The molecule has 0 radical (unpaired) electrons. The molecule has 3 aromatic carbocycles. The van der Waals surface area contributed by atoms with Gasteiger partial charge in [-0.25, -0.2) is 0 Å². The van der Waals surface area contributed by atoms with E-state index in [9.17, 15) is 9.59 Å². The highest BCUT2D eigenvalue weighted by atomic mass is 79.9. The minimum Gasteiger partial charge on any atom is -0.352 e. The monoisotopic (exact) mass is 562 g/mol. The molecule has 0 unspecified atom stereocenters. The van der Waals surface area contributed by atoms with Crippen LogP contribution < -0.4 is 5.32 Å². The van der Waals surface area contributed by atoms with Crippen LogP contribution in [0.1, 0.15) is 68.7 Å². The molecule has 0 spiro atoms. The lowest BCUT2D eigenvalue weighted by Crippen LogP contribution is -2.52. The number of nitrogens with one attached hydrogen (secondary N) is 1. The predicted octanol–water partition coefficient (Wildman–Crippen LogP) is 7.06. The van der Waals surface area contributed by atoms with E-state index in [1.165, 1.54) is 5.56 Å². The number of hydrogen-bond acceptors (Lipinski definition) is 2. The highest BCUT2D eigenvalue weighted by Crippen LogP contribution is 2.20. The van der Waals surface area contributed by atoms with Crippen LogP contribution in [0, 0.1) is 0 Å². The molecule has 3 rings (SSSR count). The van der Waals surface area contributed by atoms with Crippen molar-refractivity contribution in [2.45, 2.75) is 77.9 Å². The lowest BCUT2D eigenvalue weighted by molar-refractivity contribution is -0.141. The van der Waals surface area contributed by atoms with Crippen LogP contribution in [0.4, 0.5) is 0 Å². The standard InChI is InChI=1S/C32H39BrN2O2/c1-5-24(4)34-32(37)30(21-26-10-7-6-8-11-26)35(22-27-12-9-13-29(33)20-27)31(36)19-16-25-14-17-28(18-15-25)23(2)3/h6-15,17-18,20,23-24,30H,5,16,19,21-22H2,1-4H3,(H,34,37)/t24-,30+/m1/s1. The van der Waals surface area contributed by atoms with Gasteiger partial charge in [0.05, 0.1) is 0 Å². The molecule has 3 aromatic rings. The average molecular weight is 564 g/mol. The van der Waals surface area contributed by atoms with Gasteiger partial charge in [-0.3, -0.25) is 9.59 Å². The van der Waals surface area contributed by atoms with Crippen molar-refractivity contribution in [1.82, 2.24) is 10.2 Å². The summed E-state index contributed by atoms with van der Waals surface area (Å²) in [6.45, 7) is 8.77. The van der Waals surface area contributed by atoms with E-state index in [1.807, 2.05) is 68.4 Å². The Morgan fingerprint density at radius 1 is 0.865 bits per heavy atom. The van der Waals surface area contributed by atoms with Gasteiger partial charge in [0.25, 0.3) is 0 Å². The first-order valence-corrected chi connectivity index (χ1v) is 14.0. The van der Waals surface area contributed by atoms with Gasteiger partial charge < -0.3 is 10.2 Å².